The van der Waals surface area contributed by atoms with E-state index < -0.39 is 6.10 Å². The van der Waals surface area contributed by atoms with E-state index in [2.05, 4.69) is 24.3 Å². The molecule has 2 N–H and O–H groups in total. The second-order valence-electron chi connectivity index (χ2n) is 4.67. The molecule has 0 aliphatic carbocycles. The quantitative estimate of drug-likeness (QED) is 0.787. The van der Waals surface area contributed by atoms with Crippen molar-refractivity contribution in [2.45, 2.75) is 32.4 Å². The molecule has 0 fully saturated rings. The number of methoxy groups -OCH3 is 1. The summed E-state index contributed by atoms with van der Waals surface area (Å²) in [6.07, 6.45) is -0.507. The number of aliphatic hydroxyl groups excluding tert-OH is 1. The summed E-state index contributed by atoms with van der Waals surface area (Å²) in [6.45, 7) is 5.56. The Bertz CT molecular complexity index is 380. The lowest BCUT2D eigenvalue weighted by Crippen LogP contribution is -2.29. The van der Waals surface area contributed by atoms with Gasteiger partial charge in [0, 0.05) is 32.8 Å². The van der Waals surface area contributed by atoms with E-state index in [1.807, 2.05) is 7.05 Å². The predicted octanol–water partition coefficient (Wildman–Crippen LogP) is 1.29. The van der Waals surface area contributed by atoms with Crippen molar-refractivity contribution in [1.82, 2.24) is 15.1 Å². The third-order valence-corrected chi connectivity index (χ3v) is 3.16. The van der Waals surface area contributed by atoms with Crippen molar-refractivity contribution in [2.24, 2.45) is 7.05 Å². The molecule has 1 atom stereocenters. The highest BCUT2D eigenvalue weighted by Gasteiger charge is 2.16. The van der Waals surface area contributed by atoms with Gasteiger partial charge in [0.15, 0.2) is 0 Å². The van der Waals surface area contributed by atoms with Crippen LogP contribution < -0.4 is 5.32 Å². The van der Waals surface area contributed by atoms with Crippen LogP contribution in [0.25, 0.3) is 0 Å². The van der Waals surface area contributed by atoms with Crippen molar-refractivity contribution in [2.75, 3.05) is 20.3 Å². The molecule has 0 amide bonds. The first-order chi connectivity index (χ1) is 8.47. The molecule has 1 unspecified atom stereocenters. The van der Waals surface area contributed by atoms with E-state index in [1.54, 1.807) is 11.8 Å². The number of nitrogens with one attached hydrogen (secondary N) is 1. The molecule has 0 bridgehead atoms. The number of aromatic nitrogens is 2. The summed E-state index contributed by atoms with van der Waals surface area (Å²) in [4.78, 5) is 0. The molecular formula is C12H22ClN3O2. The molecule has 1 rings (SSSR count). The minimum atomic E-state index is -0.507. The number of ether oxygens (including phenoxy) is 1. The molecule has 0 radical (unpaired) electrons. The molecule has 0 spiro atoms. The van der Waals surface area contributed by atoms with Crippen LogP contribution in [-0.2, 0) is 18.3 Å². The number of hydrogen-bond acceptors (Lipinski definition) is 4. The summed E-state index contributed by atoms with van der Waals surface area (Å²) >= 11 is 6.21. The van der Waals surface area contributed by atoms with Crippen molar-refractivity contribution in [3.8, 4) is 0 Å². The van der Waals surface area contributed by atoms with Gasteiger partial charge in [-0.3, -0.25) is 4.68 Å². The SMILES string of the molecule is COCC(O)CNCc1c(C(C)C)nn(C)c1Cl. The Morgan fingerprint density at radius 3 is 2.72 bits per heavy atom. The molecule has 0 saturated heterocycles. The maximum atomic E-state index is 9.54. The molecule has 6 heteroatoms. The van der Waals surface area contributed by atoms with Crippen molar-refractivity contribution < 1.29 is 9.84 Å². The average molecular weight is 276 g/mol. The van der Waals surface area contributed by atoms with Crippen LogP contribution in [0, 0.1) is 0 Å². The summed E-state index contributed by atoms with van der Waals surface area (Å²) in [5.74, 6) is 0.324. The zero-order valence-electron chi connectivity index (χ0n) is 11.4. The van der Waals surface area contributed by atoms with Crippen LogP contribution in [-0.4, -0.2) is 41.3 Å². The fourth-order valence-electron chi connectivity index (χ4n) is 1.81. The number of nitrogens with zero attached hydrogens (tertiary/aromatic N) is 2. The van der Waals surface area contributed by atoms with Gasteiger partial charge in [-0.25, -0.2) is 0 Å². The molecule has 5 nitrogen and oxygen atoms in total. The van der Waals surface area contributed by atoms with Gasteiger partial charge in [0.05, 0.1) is 18.4 Å². The Morgan fingerprint density at radius 2 is 2.17 bits per heavy atom. The average Bonchev–Trinajstić information content (AvgIpc) is 2.57. The van der Waals surface area contributed by atoms with Crippen molar-refractivity contribution in [3.05, 3.63) is 16.4 Å². The van der Waals surface area contributed by atoms with Gasteiger partial charge in [-0.2, -0.15) is 5.10 Å². The molecule has 1 heterocycles. The van der Waals surface area contributed by atoms with Crippen LogP contribution in [0.5, 0.6) is 0 Å². The lowest BCUT2D eigenvalue weighted by Gasteiger charge is -2.11. The van der Waals surface area contributed by atoms with E-state index in [0.717, 1.165) is 11.3 Å². The van der Waals surface area contributed by atoms with Crippen molar-refractivity contribution in [3.63, 3.8) is 0 Å². The predicted molar refractivity (Wildman–Crippen MR) is 71.9 cm³/mol. The fourth-order valence-corrected chi connectivity index (χ4v) is 2.01. The van der Waals surface area contributed by atoms with Crippen molar-refractivity contribution in [1.29, 1.82) is 0 Å². The van der Waals surface area contributed by atoms with Crippen LogP contribution in [0.15, 0.2) is 0 Å². The van der Waals surface area contributed by atoms with E-state index in [0.29, 0.717) is 30.8 Å². The van der Waals surface area contributed by atoms with E-state index >= 15 is 0 Å². The van der Waals surface area contributed by atoms with E-state index in [4.69, 9.17) is 16.3 Å². The zero-order chi connectivity index (χ0) is 13.7. The summed E-state index contributed by atoms with van der Waals surface area (Å²) in [7, 11) is 3.40. The minimum Gasteiger partial charge on any atom is -0.389 e. The van der Waals surface area contributed by atoms with Gasteiger partial charge in [-0.1, -0.05) is 25.4 Å². The van der Waals surface area contributed by atoms with E-state index in [-0.39, 0.29) is 0 Å². The van der Waals surface area contributed by atoms with Gasteiger partial charge >= 0.3 is 0 Å². The highest BCUT2D eigenvalue weighted by molar-refractivity contribution is 6.30. The second kappa shape index (κ2) is 7.09. The maximum Gasteiger partial charge on any atom is 0.131 e. The normalized spacial score (nSPS) is 13.3. The van der Waals surface area contributed by atoms with Crippen LogP contribution in [0.1, 0.15) is 31.0 Å². The van der Waals surface area contributed by atoms with Crippen LogP contribution in [0.2, 0.25) is 5.15 Å². The van der Waals surface area contributed by atoms with Crippen LogP contribution >= 0.6 is 11.6 Å². The molecule has 18 heavy (non-hydrogen) atoms. The maximum absolute atomic E-state index is 9.54. The number of aryl methyl sites for hydroxylation is 1. The Kier molecular flexibility index (Phi) is 6.08. The lowest BCUT2D eigenvalue weighted by molar-refractivity contribution is 0.0644. The summed E-state index contributed by atoms with van der Waals surface area (Å²) in [5.41, 5.74) is 2.00. The Morgan fingerprint density at radius 1 is 1.50 bits per heavy atom. The third-order valence-electron chi connectivity index (χ3n) is 2.69. The highest BCUT2D eigenvalue weighted by Crippen LogP contribution is 2.24. The summed E-state index contributed by atoms with van der Waals surface area (Å²) in [6, 6.07) is 0. The Labute approximate surface area is 113 Å². The van der Waals surface area contributed by atoms with Crippen molar-refractivity contribution >= 4 is 11.6 Å². The molecule has 0 aliphatic rings. The molecule has 1 aromatic heterocycles. The van der Waals surface area contributed by atoms with Gasteiger partial charge < -0.3 is 15.2 Å². The molecule has 0 saturated carbocycles. The molecule has 0 aromatic carbocycles. The smallest absolute Gasteiger partial charge is 0.131 e. The largest absolute Gasteiger partial charge is 0.389 e. The second-order valence-corrected chi connectivity index (χ2v) is 5.03. The minimum absolute atomic E-state index is 0.324. The monoisotopic (exact) mass is 275 g/mol. The first kappa shape index (κ1) is 15.4. The number of aliphatic hydroxyl groups is 1. The van der Waals surface area contributed by atoms with E-state index in [9.17, 15) is 5.11 Å². The number of hydrogen-bond donors (Lipinski definition) is 2. The Balaban J connectivity index is 2.61. The molecule has 1 aromatic rings. The fraction of sp³-hybridized carbons (Fsp3) is 0.750. The van der Waals surface area contributed by atoms with E-state index in [1.165, 1.54) is 0 Å². The lowest BCUT2D eigenvalue weighted by atomic mass is 10.1. The summed E-state index contributed by atoms with van der Waals surface area (Å²) in [5, 5.41) is 17.8. The van der Waals surface area contributed by atoms with Crippen LogP contribution in [0.3, 0.4) is 0 Å². The standard InChI is InChI=1S/C12H22ClN3O2/c1-8(2)11-10(12(13)16(3)15-11)6-14-5-9(17)7-18-4/h8-9,14,17H,5-7H2,1-4H3. The van der Waals surface area contributed by atoms with Gasteiger partial charge in [0.2, 0.25) is 0 Å². The van der Waals surface area contributed by atoms with Gasteiger partial charge in [-0.15, -0.1) is 0 Å². The van der Waals surface area contributed by atoms with Gasteiger partial charge in [0.1, 0.15) is 5.15 Å². The van der Waals surface area contributed by atoms with Gasteiger partial charge in [0.25, 0.3) is 0 Å². The third kappa shape index (κ3) is 3.95. The first-order valence-electron chi connectivity index (χ1n) is 6.06. The zero-order valence-corrected chi connectivity index (χ0v) is 12.2. The topological polar surface area (TPSA) is 59.3 Å². The first-order valence-corrected chi connectivity index (χ1v) is 6.44. The van der Waals surface area contributed by atoms with Gasteiger partial charge in [-0.05, 0) is 5.92 Å². The number of rotatable bonds is 7. The number of halogens is 1. The molecular weight excluding hydrogens is 254 g/mol. The molecule has 104 valence electrons. The molecule has 0 aliphatic heterocycles. The van der Waals surface area contributed by atoms with Crippen LogP contribution in [0.4, 0.5) is 0 Å². The summed E-state index contributed by atoms with van der Waals surface area (Å²) < 4.78 is 6.54. The Hall–Kier alpha value is -0.620. The highest BCUT2D eigenvalue weighted by atomic mass is 35.5.